The highest BCUT2D eigenvalue weighted by molar-refractivity contribution is 5.69. The van der Waals surface area contributed by atoms with Crippen LogP contribution in [0.15, 0.2) is 66.9 Å². The molecular formula is C28H36N6. The number of rotatable bonds is 6. The van der Waals surface area contributed by atoms with Gasteiger partial charge in [-0.05, 0) is 85.3 Å². The molecule has 2 fully saturated rings. The Labute approximate surface area is 202 Å². The molecule has 34 heavy (non-hydrogen) atoms. The summed E-state index contributed by atoms with van der Waals surface area (Å²) in [5, 5.41) is 7.78. The molecule has 5 rings (SSSR count). The highest BCUT2D eigenvalue weighted by atomic mass is 15.2. The van der Waals surface area contributed by atoms with Gasteiger partial charge in [-0.15, -0.1) is 0 Å². The molecule has 2 aliphatic rings. The lowest BCUT2D eigenvalue weighted by Crippen LogP contribution is -2.54. The van der Waals surface area contributed by atoms with Crippen LogP contribution >= 0.6 is 0 Å². The third kappa shape index (κ3) is 5.45. The second-order valence-electron chi connectivity index (χ2n) is 9.74. The van der Waals surface area contributed by atoms with Gasteiger partial charge in [-0.1, -0.05) is 25.0 Å². The van der Waals surface area contributed by atoms with Gasteiger partial charge in [0.25, 0.3) is 0 Å². The van der Waals surface area contributed by atoms with Crippen molar-refractivity contribution in [3.05, 3.63) is 66.9 Å². The van der Waals surface area contributed by atoms with Crippen LogP contribution in [0.5, 0.6) is 0 Å². The van der Waals surface area contributed by atoms with Crippen LogP contribution in [0.4, 0.5) is 22.9 Å². The Morgan fingerprint density at radius 2 is 1.59 bits per heavy atom. The minimum absolute atomic E-state index is 0.379. The molecular weight excluding hydrogens is 420 g/mol. The molecule has 0 bridgehead atoms. The summed E-state index contributed by atoms with van der Waals surface area (Å²) in [6.45, 7) is 2.14. The topological polar surface area (TPSA) is 92.2 Å². The van der Waals surface area contributed by atoms with Crippen molar-refractivity contribution in [2.45, 2.75) is 56.7 Å². The number of nitrogen functional groups attached to an aromatic ring is 2. The van der Waals surface area contributed by atoms with Gasteiger partial charge in [0.15, 0.2) is 0 Å². The fourth-order valence-corrected chi connectivity index (χ4v) is 5.44. The quantitative estimate of drug-likeness (QED) is 0.395. The number of piperidine rings is 1. The number of anilines is 4. The van der Waals surface area contributed by atoms with Crippen molar-refractivity contribution in [2.75, 3.05) is 34.8 Å². The first-order chi connectivity index (χ1) is 16.6. The van der Waals surface area contributed by atoms with Crippen LogP contribution < -0.4 is 27.0 Å². The Hall–Kier alpha value is -3.25. The number of aromatic nitrogens is 1. The van der Waals surface area contributed by atoms with E-state index in [-0.39, 0.29) is 0 Å². The first-order valence-corrected chi connectivity index (χ1v) is 12.6. The van der Waals surface area contributed by atoms with Crippen molar-refractivity contribution in [2.24, 2.45) is 0 Å². The number of pyridine rings is 1. The molecule has 0 radical (unpaired) electrons. The zero-order valence-corrected chi connectivity index (χ0v) is 19.8. The maximum atomic E-state index is 6.00. The van der Waals surface area contributed by atoms with Crippen molar-refractivity contribution < 1.29 is 0 Å². The van der Waals surface area contributed by atoms with Gasteiger partial charge in [0.2, 0.25) is 0 Å². The van der Waals surface area contributed by atoms with Crippen LogP contribution in [0.3, 0.4) is 0 Å². The summed E-state index contributed by atoms with van der Waals surface area (Å²) >= 11 is 0. The van der Waals surface area contributed by atoms with Crippen LogP contribution in [0.2, 0.25) is 0 Å². The van der Waals surface area contributed by atoms with E-state index >= 15 is 0 Å². The van der Waals surface area contributed by atoms with Crippen molar-refractivity contribution in [1.82, 2.24) is 10.3 Å². The van der Waals surface area contributed by atoms with E-state index in [4.69, 9.17) is 11.5 Å². The van der Waals surface area contributed by atoms with Crippen LogP contribution in [-0.4, -0.2) is 36.2 Å². The summed E-state index contributed by atoms with van der Waals surface area (Å²) in [5.41, 5.74) is 17.0. The highest BCUT2D eigenvalue weighted by Crippen LogP contribution is 2.27. The minimum Gasteiger partial charge on any atom is -0.399 e. The fraction of sp³-hybridized carbons (Fsp3) is 0.393. The van der Waals surface area contributed by atoms with Gasteiger partial charge in [0.1, 0.15) is 5.82 Å². The maximum absolute atomic E-state index is 6.00. The van der Waals surface area contributed by atoms with Gasteiger partial charge >= 0.3 is 0 Å². The third-order valence-electron chi connectivity index (χ3n) is 7.21. The van der Waals surface area contributed by atoms with Gasteiger partial charge in [-0.3, -0.25) is 0 Å². The number of nitrogens with one attached hydrogen (secondary N) is 2. The lowest BCUT2D eigenvalue weighted by molar-refractivity contribution is 0.293. The average molecular weight is 457 g/mol. The molecule has 0 unspecified atom stereocenters. The van der Waals surface area contributed by atoms with E-state index in [1.165, 1.54) is 37.8 Å². The molecule has 2 aromatic carbocycles. The molecule has 1 aromatic heterocycles. The average Bonchev–Trinajstić information content (AvgIpc) is 2.86. The van der Waals surface area contributed by atoms with Crippen LogP contribution in [0.1, 0.15) is 38.5 Å². The van der Waals surface area contributed by atoms with Crippen molar-refractivity contribution >= 4 is 22.9 Å². The summed E-state index contributed by atoms with van der Waals surface area (Å²) in [4.78, 5) is 7.12. The van der Waals surface area contributed by atoms with Crippen molar-refractivity contribution in [3.8, 4) is 11.1 Å². The summed E-state index contributed by atoms with van der Waals surface area (Å²) in [5.74, 6) is 0.936. The van der Waals surface area contributed by atoms with Crippen molar-refractivity contribution in [1.29, 1.82) is 0 Å². The monoisotopic (exact) mass is 456 g/mol. The standard InChI is InChI=1S/C28H36N6/c29-22-10-12-25(13-11-22)34-16-4-7-24(19-34)32-26-8-1-2-9-27(26)33-28-18-21(14-15-31-28)20-5-3-6-23(30)17-20/h3,5-6,10-15,17-18,24,26-27,32H,1-2,4,7-9,16,19,29-30H2,(H,31,33)/t24-,26+,27+/m0/s1. The Balaban J connectivity index is 1.25. The summed E-state index contributed by atoms with van der Waals surface area (Å²) < 4.78 is 0. The SMILES string of the molecule is Nc1ccc(N2CCC[C@H](N[C@@H]3CCCC[C@H]3Nc3cc(-c4cccc(N)c4)ccn3)C2)cc1. The van der Waals surface area contributed by atoms with E-state index in [1.54, 1.807) is 0 Å². The number of hydrogen-bond donors (Lipinski definition) is 4. The third-order valence-corrected chi connectivity index (χ3v) is 7.21. The van der Waals surface area contributed by atoms with Gasteiger partial charge in [0.05, 0.1) is 0 Å². The molecule has 1 aliphatic heterocycles. The Kier molecular flexibility index (Phi) is 6.86. The molecule has 0 amide bonds. The van der Waals surface area contributed by atoms with Crippen LogP contribution in [0, 0.1) is 0 Å². The summed E-state index contributed by atoms with van der Waals surface area (Å²) in [6.07, 6.45) is 9.21. The van der Waals surface area contributed by atoms with Gasteiger partial charge in [-0.2, -0.15) is 0 Å². The number of nitrogens with two attached hydrogens (primary N) is 2. The minimum atomic E-state index is 0.379. The maximum Gasteiger partial charge on any atom is 0.126 e. The molecule has 1 saturated carbocycles. The van der Waals surface area contributed by atoms with Crippen molar-refractivity contribution in [3.63, 3.8) is 0 Å². The molecule has 2 heterocycles. The molecule has 3 aromatic rings. The number of hydrogen-bond acceptors (Lipinski definition) is 6. The molecule has 1 aliphatic carbocycles. The second kappa shape index (κ2) is 10.3. The molecule has 6 nitrogen and oxygen atoms in total. The Morgan fingerprint density at radius 3 is 2.41 bits per heavy atom. The largest absolute Gasteiger partial charge is 0.399 e. The van der Waals surface area contributed by atoms with Gasteiger partial charge in [0, 0.05) is 54.5 Å². The zero-order valence-electron chi connectivity index (χ0n) is 19.8. The fourth-order valence-electron chi connectivity index (χ4n) is 5.44. The molecule has 0 spiro atoms. The number of benzene rings is 2. The van der Waals surface area contributed by atoms with E-state index in [0.29, 0.717) is 18.1 Å². The first-order valence-electron chi connectivity index (χ1n) is 12.6. The number of nitrogens with zero attached hydrogens (tertiary/aromatic N) is 2. The second-order valence-corrected chi connectivity index (χ2v) is 9.74. The highest BCUT2D eigenvalue weighted by Gasteiger charge is 2.29. The molecule has 3 atom stereocenters. The molecule has 178 valence electrons. The van der Waals surface area contributed by atoms with E-state index < -0.39 is 0 Å². The van der Waals surface area contributed by atoms with Gasteiger partial charge < -0.3 is 27.0 Å². The van der Waals surface area contributed by atoms with E-state index in [0.717, 1.165) is 47.8 Å². The van der Waals surface area contributed by atoms with Gasteiger partial charge in [-0.25, -0.2) is 4.98 Å². The summed E-state index contributed by atoms with van der Waals surface area (Å²) in [6, 6.07) is 21.8. The normalized spacial score (nSPS) is 22.9. The Morgan fingerprint density at radius 1 is 0.794 bits per heavy atom. The summed E-state index contributed by atoms with van der Waals surface area (Å²) in [7, 11) is 0. The Bertz CT molecular complexity index is 1080. The van der Waals surface area contributed by atoms with Crippen LogP contribution in [-0.2, 0) is 0 Å². The molecule has 6 heteroatoms. The lowest BCUT2D eigenvalue weighted by atomic mass is 9.89. The van der Waals surface area contributed by atoms with E-state index in [2.05, 4.69) is 44.8 Å². The molecule has 1 saturated heterocycles. The van der Waals surface area contributed by atoms with E-state index in [1.807, 2.05) is 42.6 Å². The zero-order chi connectivity index (χ0) is 23.3. The lowest BCUT2D eigenvalue weighted by Gasteiger charge is -2.40. The smallest absolute Gasteiger partial charge is 0.126 e. The predicted molar refractivity (Wildman–Crippen MR) is 143 cm³/mol. The van der Waals surface area contributed by atoms with Crippen LogP contribution in [0.25, 0.3) is 11.1 Å². The predicted octanol–water partition coefficient (Wildman–Crippen LogP) is 4.89. The molecule has 6 N–H and O–H groups in total. The first kappa shape index (κ1) is 22.5. The van der Waals surface area contributed by atoms with E-state index in [9.17, 15) is 0 Å².